The summed E-state index contributed by atoms with van der Waals surface area (Å²) in [6.07, 6.45) is 2.05. The van der Waals surface area contributed by atoms with E-state index in [0.29, 0.717) is 17.0 Å². The third-order valence-corrected chi connectivity index (χ3v) is 6.42. The molecule has 5 nitrogen and oxygen atoms in total. The van der Waals surface area contributed by atoms with Crippen molar-refractivity contribution in [3.05, 3.63) is 103 Å². The first-order valence-corrected chi connectivity index (χ1v) is 11.5. The molecule has 8 heteroatoms. The molecule has 3 aromatic carbocycles. The molecular formula is C26H19Cl3N2O3. The quantitative estimate of drug-likeness (QED) is 0.319. The zero-order valence-electron chi connectivity index (χ0n) is 18.3. The van der Waals surface area contributed by atoms with E-state index in [4.69, 9.17) is 34.8 Å². The first-order chi connectivity index (χ1) is 16.1. The van der Waals surface area contributed by atoms with Gasteiger partial charge in [0.15, 0.2) is 0 Å². The van der Waals surface area contributed by atoms with Gasteiger partial charge in [0.2, 0.25) is 0 Å². The van der Waals surface area contributed by atoms with Crippen LogP contribution < -0.4 is 10.2 Å². The summed E-state index contributed by atoms with van der Waals surface area (Å²) in [4.78, 5) is 38.7. The van der Waals surface area contributed by atoms with Crippen molar-refractivity contribution in [3.8, 4) is 0 Å². The number of nitrogens with zero attached hydrogens (tertiary/aromatic N) is 1. The van der Waals surface area contributed by atoms with Crippen molar-refractivity contribution in [1.29, 1.82) is 0 Å². The first kappa shape index (κ1) is 24.0. The Kier molecular flexibility index (Phi) is 6.80. The maximum Gasteiger partial charge on any atom is 0.335 e. The van der Waals surface area contributed by atoms with Crippen molar-refractivity contribution in [2.45, 2.75) is 20.3 Å². The highest BCUT2D eigenvalue weighted by Gasteiger charge is 2.37. The van der Waals surface area contributed by atoms with E-state index in [0.717, 1.165) is 16.0 Å². The number of rotatable bonds is 4. The van der Waals surface area contributed by atoms with E-state index in [9.17, 15) is 14.4 Å². The Morgan fingerprint density at radius 2 is 1.53 bits per heavy atom. The zero-order chi connectivity index (χ0) is 24.6. The number of urea groups is 1. The lowest BCUT2D eigenvalue weighted by Crippen LogP contribution is -2.54. The smallest absolute Gasteiger partial charge is 0.273 e. The van der Waals surface area contributed by atoms with E-state index in [1.165, 1.54) is 35.4 Å². The van der Waals surface area contributed by atoms with Crippen molar-refractivity contribution in [2.24, 2.45) is 0 Å². The van der Waals surface area contributed by atoms with Crippen LogP contribution in [-0.2, 0) is 16.0 Å². The average Bonchev–Trinajstić information content (AvgIpc) is 2.74. The monoisotopic (exact) mass is 512 g/mol. The molecule has 0 radical (unpaired) electrons. The fourth-order valence-corrected chi connectivity index (χ4v) is 4.42. The number of nitrogens with one attached hydrogen (secondary N) is 1. The number of barbiturate groups is 1. The molecule has 0 unspecified atom stereocenters. The van der Waals surface area contributed by atoms with Crippen molar-refractivity contribution >= 4 is 64.4 Å². The van der Waals surface area contributed by atoms with Crippen LogP contribution in [0.5, 0.6) is 0 Å². The molecule has 1 aliphatic rings. The second-order valence-electron chi connectivity index (χ2n) is 8.08. The number of anilines is 1. The van der Waals surface area contributed by atoms with Gasteiger partial charge in [0.1, 0.15) is 5.57 Å². The number of hydrogen-bond acceptors (Lipinski definition) is 3. The highest BCUT2D eigenvalue weighted by molar-refractivity contribution is 6.43. The molecule has 4 rings (SSSR count). The summed E-state index contributed by atoms with van der Waals surface area (Å²) in [5, 5.41) is 3.14. The molecule has 0 aliphatic carbocycles. The van der Waals surface area contributed by atoms with Crippen LogP contribution in [0.2, 0.25) is 15.1 Å². The van der Waals surface area contributed by atoms with E-state index in [1.54, 1.807) is 12.1 Å². The van der Waals surface area contributed by atoms with Gasteiger partial charge in [-0.05, 0) is 67.3 Å². The maximum absolute atomic E-state index is 13.1. The van der Waals surface area contributed by atoms with Crippen LogP contribution in [0.25, 0.3) is 6.08 Å². The molecule has 1 N–H and O–H groups in total. The second-order valence-corrected chi connectivity index (χ2v) is 9.30. The molecule has 0 atom stereocenters. The van der Waals surface area contributed by atoms with Gasteiger partial charge < -0.3 is 0 Å². The minimum atomic E-state index is -0.868. The Morgan fingerprint density at radius 1 is 0.824 bits per heavy atom. The van der Waals surface area contributed by atoms with Crippen LogP contribution in [0.3, 0.4) is 0 Å². The fraction of sp³-hybridized carbons (Fsp3) is 0.115. The molecule has 1 saturated heterocycles. The summed E-state index contributed by atoms with van der Waals surface area (Å²) in [7, 11) is 0. The number of carbonyl (C=O) groups is 3. The minimum Gasteiger partial charge on any atom is -0.273 e. The van der Waals surface area contributed by atoms with Gasteiger partial charge in [0.05, 0.1) is 15.7 Å². The molecule has 34 heavy (non-hydrogen) atoms. The molecule has 3 aromatic rings. The summed E-state index contributed by atoms with van der Waals surface area (Å²) >= 11 is 18.5. The van der Waals surface area contributed by atoms with Gasteiger partial charge in [-0.2, -0.15) is 0 Å². The molecule has 1 heterocycles. The van der Waals surface area contributed by atoms with E-state index in [1.807, 2.05) is 19.9 Å². The number of halogens is 3. The molecule has 4 amide bonds. The standard InChI is InChI=1S/C26H19Cl3N2O3/c1-14-7-15(2)9-17(8-14)10-18-4-3-16(12-22(18)28)11-20-24(32)30-26(34)31(25(20)33)19-5-6-21(27)23(29)13-19/h3-9,11-13H,10H2,1-2H3,(H,30,32,34)/b20-11+. The van der Waals surface area contributed by atoms with Crippen molar-refractivity contribution in [3.63, 3.8) is 0 Å². The molecule has 1 aliphatic heterocycles. The van der Waals surface area contributed by atoms with Crippen LogP contribution in [0.4, 0.5) is 10.5 Å². The average molecular weight is 514 g/mol. The first-order valence-electron chi connectivity index (χ1n) is 10.3. The van der Waals surface area contributed by atoms with Gasteiger partial charge in [-0.25, -0.2) is 9.69 Å². The lowest BCUT2D eigenvalue weighted by Gasteiger charge is -2.26. The maximum atomic E-state index is 13.1. The normalized spacial score (nSPS) is 15.1. The molecule has 172 valence electrons. The van der Waals surface area contributed by atoms with Gasteiger partial charge >= 0.3 is 6.03 Å². The van der Waals surface area contributed by atoms with Gasteiger partial charge in [-0.1, -0.05) is 76.3 Å². The Bertz CT molecular complexity index is 1360. The number of benzene rings is 3. The fourth-order valence-electron chi connectivity index (χ4n) is 3.87. The van der Waals surface area contributed by atoms with Crippen LogP contribution in [0.1, 0.15) is 27.8 Å². The van der Waals surface area contributed by atoms with E-state index >= 15 is 0 Å². The molecule has 1 fully saturated rings. The number of aryl methyl sites for hydroxylation is 2. The third-order valence-electron chi connectivity index (χ3n) is 5.33. The highest BCUT2D eigenvalue weighted by Crippen LogP contribution is 2.30. The number of imide groups is 2. The molecule has 0 spiro atoms. The number of carbonyl (C=O) groups excluding carboxylic acids is 3. The van der Waals surface area contributed by atoms with Crippen LogP contribution >= 0.6 is 34.8 Å². The summed E-state index contributed by atoms with van der Waals surface area (Å²) in [6, 6.07) is 15.1. The predicted molar refractivity (Wildman–Crippen MR) is 136 cm³/mol. The van der Waals surface area contributed by atoms with Crippen molar-refractivity contribution in [2.75, 3.05) is 4.90 Å². The SMILES string of the molecule is Cc1cc(C)cc(Cc2ccc(/C=C3\C(=O)NC(=O)N(c4ccc(Cl)c(Cl)c4)C3=O)cc2Cl)c1. The van der Waals surface area contributed by atoms with Gasteiger partial charge in [0.25, 0.3) is 11.8 Å². The Hall–Kier alpha value is -3.12. The highest BCUT2D eigenvalue weighted by atomic mass is 35.5. The van der Waals surface area contributed by atoms with Crippen LogP contribution in [0, 0.1) is 13.8 Å². The van der Waals surface area contributed by atoms with Crippen LogP contribution in [-0.4, -0.2) is 17.8 Å². The molecule has 0 bridgehead atoms. The third kappa shape index (κ3) is 5.02. The van der Waals surface area contributed by atoms with Crippen molar-refractivity contribution in [1.82, 2.24) is 5.32 Å². The summed E-state index contributed by atoms with van der Waals surface area (Å²) in [5.41, 5.74) is 4.95. The topological polar surface area (TPSA) is 66.5 Å². The van der Waals surface area contributed by atoms with E-state index in [-0.39, 0.29) is 21.3 Å². The minimum absolute atomic E-state index is 0.174. The second kappa shape index (κ2) is 9.63. The zero-order valence-corrected chi connectivity index (χ0v) is 20.6. The summed E-state index contributed by atoms with van der Waals surface area (Å²) in [5.74, 6) is -1.57. The summed E-state index contributed by atoms with van der Waals surface area (Å²) in [6.45, 7) is 4.09. The van der Waals surface area contributed by atoms with Gasteiger partial charge in [-0.3, -0.25) is 14.9 Å². The summed E-state index contributed by atoms with van der Waals surface area (Å²) < 4.78 is 0. The van der Waals surface area contributed by atoms with Crippen molar-refractivity contribution < 1.29 is 14.4 Å². The lowest BCUT2D eigenvalue weighted by atomic mass is 9.99. The van der Waals surface area contributed by atoms with E-state index < -0.39 is 17.8 Å². The number of hydrogen-bond donors (Lipinski definition) is 1. The van der Waals surface area contributed by atoms with Gasteiger partial charge in [-0.15, -0.1) is 0 Å². The number of amides is 4. The molecule has 0 saturated carbocycles. The lowest BCUT2D eigenvalue weighted by molar-refractivity contribution is -0.122. The van der Waals surface area contributed by atoms with Gasteiger partial charge in [0, 0.05) is 5.02 Å². The predicted octanol–water partition coefficient (Wildman–Crippen LogP) is 6.52. The van der Waals surface area contributed by atoms with E-state index in [2.05, 4.69) is 23.5 Å². The Balaban J connectivity index is 1.63. The molecular weight excluding hydrogens is 495 g/mol. The Labute approximate surface area is 211 Å². The van der Waals surface area contributed by atoms with Crippen LogP contribution in [0.15, 0.2) is 60.2 Å². The Morgan fingerprint density at radius 3 is 2.18 bits per heavy atom. The largest absolute Gasteiger partial charge is 0.335 e. The molecule has 0 aromatic heterocycles.